The summed E-state index contributed by atoms with van der Waals surface area (Å²) in [5.41, 5.74) is 0. The van der Waals surface area contributed by atoms with Crippen molar-refractivity contribution in [3.8, 4) is 0 Å². The molecule has 0 saturated heterocycles. The maximum atomic E-state index is 0. The molecule has 9 N–H and O–H groups in total. The molecule has 0 atom stereocenters. The second-order valence-electron chi connectivity index (χ2n) is 0. The Bertz CT molecular complexity index is 14.5. The summed E-state index contributed by atoms with van der Waals surface area (Å²) in [5, 5.41) is 0. The average Bonchev–Trinajstić information content (AvgIpc) is 0. The molecule has 12 heteroatoms. The molecule has 0 heterocycles. The third kappa shape index (κ3) is 233. The molecule has 0 fully saturated rings. The van der Waals surface area contributed by atoms with E-state index in [1.807, 2.05) is 0 Å². The van der Waals surface area contributed by atoms with Gasteiger partial charge in [-0.05, 0) is 0 Å². The predicted molar refractivity (Wildman–Crippen MR) is 23.2 cm³/mol. The molecule has 0 spiro atoms. The van der Waals surface area contributed by atoms with E-state index in [9.17, 15) is 0 Å². The van der Waals surface area contributed by atoms with Gasteiger partial charge in [-0.15, -0.1) is 0 Å². The molecule has 0 aliphatic carbocycles. The van der Waals surface area contributed by atoms with E-state index in [2.05, 4.69) is 0 Å². The van der Waals surface area contributed by atoms with Crippen molar-refractivity contribution in [2.24, 2.45) is 0 Å². The van der Waals surface area contributed by atoms with Crippen LogP contribution in [-0.2, 0) is 0 Å². The van der Waals surface area contributed by atoms with Gasteiger partial charge in [0.1, 0.15) is 0 Å². The van der Waals surface area contributed by atoms with Crippen LogP contribution in [0.5, 0.6) is 0 Å². The van der Waals surface area contributed by atoms with Crippen molar-refractivity contribution in [3.63, 3.8) is 0 Å². The van der Waals surface area contributed by atoms with E-state index < -0.39 is 0 Å². The number of hydrogen-bond acceptors (Lipinski definition) is 9. The van der Waals surface area contributed by atoms with Crippen molar-refractivity contribution in [2.75, 3.05) is 0 Å². The molecule has 1 radical (unpaired) electrons. The molecule has 0 aliphatic rings. The normalized spacial score (nSPS) is 0. The molecule has 0 amide bonds. The molecule has 0 aromatic heterocycles. The first kappa shape index (κ1) is 370. The Balaban J connectivity index is 0. The molecule has 0 bridgehead atoms. The fraction of sp³-hybridized carbons (Fsp3) is 0. The van der Waals surface area contributed by atoms with Gasteiger partial charge >= 0.3 is 94.7 Å². The first-order valence-electron chi connectivity index (χ1n) is 0. The summed E-state index contributed by atoms with van der Waals surface area (Å²) in [5.74, 6) is 0. The summed E-state index contributed by atoms with van der Waals surface area (Å²) in [6.45, 7) is 0. The van der Waals surface area contributed by atoms with E-state index in [-0.39, 0.29) is 144 Å². The van der Waals surface area contributed by atoms with Gasteiger partial charge in [-0.1, -0.05) is 0 Å². The van der Waals surface area contributed by atoms with Crippen molar-refractivity contribution in [1.82, 2.24) is 0 Å². The molecule has 0 aromatic rings. The van der Waals surface area contributed by atoms with Crippen LogP contribution >= 0.6 is 0 Å². The van der Waals surface area contributed by atoms with Crippen molar-refractivity contribution < 1.29 is 127 Å². The summed E-state index contributed by atoms with van der Waals surface area (Å²) in [4.78, 5) is 0. The Morgan fingerprint density at radius 1 is 0.333 bits per heavy atom. The van der Waals surface area contributed by atoms with Crippen LogP contribution in [0.4, 0.5) is 0 Å². The maximum Gasteiger partial charge on any atom is 3.00 e. The summed E-state index contributed by atoms with van der Waals surface area (Å²) >= 11 is 0. The van der Waals surface area contributed by atoms with Crippen molar-refractivity contribution in [1.29, 1.82) is 0 Å². The average molecular weight is 459 g/mol. The van der Waals surface area contributed by atoms with Crippen LogP contribution < -0.4 is 0 Å². The SMILES string of the molecule is [Al+3].[Ce+3].[La+3].[OH-].[OH-].[OH-].[OH-].[OH-].[OH-].[OH-].[OH-].[OH-]. The zero-order chi connectivity index (χ0) is 0. The second-order valence-corrected chi connectivity index (χ2v) is 0. The second kappa shape index (κ2) is 296. The van der Waals surface area contributed by atoms with Crippen LogP contribution in [0.2, 0.25) is 0 Å². The van der Waals surface area contributed by atoms with Gasteiger partial charge in [0.2, 0.25) is 0 Å². The topological polar surface area (TPSA) is 270 Å². The van der Waals surface area contributed by atoms with E-state index in [0.717, 1.165) is 0 Å². The van der Waals surface area contributed by atoms with Gasteiger partial charge < -0.3 is 49.3 Å². The van der Waals surface area contributed by atoms with E-state index in [1.54, 1.807) is 0 Å². The number of hydrogen-bond donors (Lipinski definition) is 0. The van der Waals surface area contributed by atoms with Gasteiger partial charge in [0.05, 0.1) is 0 Å². The minimum Gasteiger partial charge on any atom is -0.870 e. The van der Waals surface area contributed by atoms with Crippen molar-refractivity contribution in [3.05, 3.63) is 0 Å². The monoisotopic (exact) mass is 459 g/mol. The Morgan fingerprint density at radius 2 is 0.333 bits per heavy atom. The minimum absolute atomic E-state index is 0. The largest absolute Gasteiger partial charge is 3.00 e. The van der Waals surface area contributed by atoms with Crippen LogP contribution in [0.3, 0.4) is 0 Å². The Labute approximate surface area is 142 Å². The summed E-state index contributed by atoms with van der Waals surface area (Å²) in [6, 6.07) is 0. The molecule has 0 unspecified atom stereocenters. The standard InChI is InChI=1S/Al.Ce.La.9H2O/h;;;9*1H2/q3*+3;;;;;;;;;/p-9. The molecule has 73 valence electrons. The molecule has 0 aromatic carbocycles. The molecule has 0 aliphatic heterocycles. The zero-order valence-electron chi connectivity index (χ0n) is 5.68. The van der Waals surface area contributed by atoms with E-state index in [4.69, 9.17) is 0 Å². The molecular formula is H9AlCeLaO9. The Kier molecular flexibility index (Phi) is 9140. The molecule has 12 heavy (non-hydrogen) atoms. The van der Waals surface area contributed by atoms with E-state index >= 15 is 0 Å². The first-order valence-corrected chi connectivity index (χ1v) is 0. The smallest absolute Gasteiger partial charge is 0.870 e. The molecular weight excluding hydrogens is 450 g/mol. The fourth-order valence-electron chi connectivity index (χ4n) is 0. The molecule has 9 nitrogen and oxygen atoms in total. The Hall–Kier alpha value is 2.74. The maximum absolute atomic E-state index is 0. The Morgan fingerprint density at radius 3 is 0.333 bits per heavy atom. The zero-order valence-corrected chi connectivity index (χ0v) is 13.6. The quantitative estimate of drug-likeness (QED) is 0.363. The third-order valence-electron chi connectivity index (χ3n) is 0. The van der Waals surface area contributed by atoms with Crippen LogP contribution in [0.25, 0.3) is 0 Å². The van der Waals surface area contributed by atoms with Gasteiger partial charge in [0.15, 0.2) is 0 Å². The molecule has 0 saturated carbocycles. The first-order chi connectivity index (χ1) is 0. The van der Waals surface area contributed by atoms with E-state index in [1.165, 1.54) is 0 Å². The van der Waals surface area contributed by atoms with Gasteiger partial charge in [0, 0.05) is 0 Å². The van der Waals surface area contributed by atoms with Crippen LogP contribution in [0.1, 0.15) is 0 Å². The van der Waals surface area contributed by atoms with Crippen molar-refractivity contribution >= 4 is 17.4 Å². The van der Waals surface area contributed by atoms with Crippen LogP contribution in [-0.4, -0.2) is 66.6 Å². The summed E-state index contributed by atoms with van der Waals surface area (Å²) < 4.78 is 0. The predicted octanol–water partition coefficient (Wildman–Crippen LogP) is -1.97. The van der Waals surface area contributed by atoms with E-state index in [0.29, 0.717) is 0 Å². The van der Waals surface area contributed by atoms with Gasteiger partial charge in [-0.3, -0.25) is 0 Å². The van der Waals surface area contributed by atoms with Gasteiger partial charge in [-0.25, -0.2) is 0 Å². The van der Waals surface area contributed by atoms with Crippen molar-refractivity contribution in [2.45, 2.75) is 0 Å². The van der Waals surface area contributed by atoms with Crippen LogP contribution in [0.15, 0.2) is 0 Å². The fourth-order valence-corrected chi connectivity index (χ4v) is 0. The third-order valence-corrected chi connectivity index (χ3v) is 0. The van der Waals surface area contributed by atoms with Gasteiger partial charge in [0.25, 0.3) is 0 Å². The summed E-state index contributed by atoms with van der Waals surface area (Å²) in [7, 11) is 0. The minimum atomic E-state index is 0. The van der Waals surface area contributed by atoms with Gasteiger partial charge in [-0.2, -0.15) is 0 Å². The van der Waals surface area contributed by atoms with Crippen LogP contribution in [0, 0.1) is 77.3 Å². The summed E-state index contributed by atoms with van der Waals surface area (Å²) in [6.07, 6.45) is 0. The number of rotatable bonds is 0. The molecule has 0 rings (SSSR count).